The largest absolute Gasteiger partial charge is 0.444 e. The highest BCUT2D eigenvalue weighted by Gasteiger charge is 2.53. The maximum Gasteiger partial charge on any atom is 0.408 e. The van der Waals surface area contributed by atoms with Crippen molar-refractivity contribution < 1.29 is 14.3 Å². The van der Waals surface area contributed by atoms with Gasteiger partial charge in [-0.3, -0.25) is 4.79 Å². The summed E-state index contributed by atoms with van der Waals surface area (Å²) in [6.45, 7) is 5.30. The number of thioether (sulfide) groups is 1. The van der Waals surface area contributed by atoms with Gasteiger partial charge in [0.05, 0.1) is 6.04 Å². The summed E-state index contributed by atoms with van der Waals surface area (Å²) in [5, 5.41) is 15.0. The molecule has 1 aliphatic rings. The first-order chi connectivity index (χ1) is 13.7. The van der Waals surface area contributed by atoms with Crippen molar-refractivity contribution in [2.45, 2.75) is 43.6 Å². The molecule has 0 heterocycles. The third-order valence-electron chi connectivity index (χ3n) is 4.64. The Bertz CT molecular complexity index is 982. The summed E-state index contributed by atoms with van der Waals surface area (Å²) in [5.74, 6) is -0.208. The van der Waals surface area contributed by atoms with Gasteiger partial charge in [0.15, 0.2) is 5.78 Å². The molecule has 0 radical (unpaired) electrons. The number of alkyl carbamates (subject to hydrolysis) is 1. The van der Waals surface area contributed by atoms with E-state index < -0.39 is 22.5 Å². The summed E-state index contributed by atoms with van der Waals surface area (Å²) in [4.78, 5) is 26.1. The minimum absolute atomic E-state index is 0.208. The molecule has 2 atom stereocenters. The molecule has 0 fully saturated rings. The standard InChI is InChI=1S/C22H21ClN2O3S/c1-21(2,3)28-20(27)25-18(14-7-5-4-6-8-14)22(29-13-24)12-15-11-16(23)9-10-17(15)19(22)26/h4-11,18H,12H2,1-3H3,(H,25,27)/t18-,22-/m0/s1. The number of carbonyl (C=O) groups excluding carboxylic acids is 2. The molecule has 150 valence electrons. The molecule has 0 unspecified atom stereocenters. The number of benzene rings is 2. The lowest BCUT2D eigenvalue weighted by Crippen LogP contribution is -2.49. The van der Waals surface area contributed by atoms with Gasteiger partial charge < -0.3 is 10.1 Å². The van der Waals surface area contributed by atoms with Gasteiger partial charge in [0, 0.05) is 10.6 Å². The van der Waals surface area contributed by atoms with E-state index >= 15 is 0 Å². The Morgan fingerprint density at radius 3 is 2.59 bits per heavy atom. The van der Waals surface area contributed by atoms with Gasteiger partial charge in [0.25, 0.3) is 0 Å². The fraction of sp³-hybridized carbons (Fsp3) is 0.318. The molecule has 0 aliphatic heterocycles. The van der Waals surface area contributed by atoms with Gasteiger partial charge in [-0.25, -0.2) is 4.79 Å². The smallest absolute Gasteiger partial charge is 0.408 e. The number of carbonyl (C=O) groups is 2. The van der Waals surface area contributed by atoms with Crippen LogP contribution in [0.1, 0.15) is 48.3 Å². The van der Waals surface area contributed by atoms with Crippen molar-refractivity contribution in [1.82, 2.24) is 5.32 Å². The van der Waals surface area contributed by atoms with Crippen LogP contribution in [0.25, 0.3) is 0 Å². The van der Waals surface area contributed by atoms with Crippen LogP contribution < -0.4 is 5.32 Å². The highest BCUT2D eigenvalue weighted by Crippen LogP contribution is 2.48. The average molecular weight is 429 g/mol. The number of ether oxygens (including phenoxy) is 1. The van der Waals surface area contributed by atoms with E-state index in [9.17, 15) is 14.9 Å². The average Bonchev–Trinajstić information content (AvgIpc) is 2.91. The lowest BCUT2D eigenvalue weighted by molar-refractivity contribution is 0.0491. The maximum atomic E-state index is 13.5. The molecule has 0 saturated heterocycles. The lowest BCUT2D eigenvalue weighted by atomic mass is 9.88. The summed E-state index contributed by atoms with van der Waals surface area (Å²) in [5.41, 5.74) is 1.30. The van der Waals surface area contributed by atoms with E-state index in [0.29, 0.717) is 16.1 Å². The van der Waals surface area contributed by atoms with Crippen molar-refractivity contribution in [2.75, 3.05) is 0 Å². The van der Waals surface area contributed by atoms with Gasteiger partial charge in [0.2, 0.25) is 0 Å². The monoisotopic (exact) mass is 428 g/mol. The van der Waals surface area contributed by atoms with E-state index in [4.69, 9.17) is 16.3 Å². The van der Waals surface area contributed by atoms with Crippen molar-refractivity contribution in [1.29, 1.82) is 5.26 Å². The van der Waals surface area contributed by atoms with Crippen molar-refractivity contribution in [2.24, 2.45) is 0 Å². The highest BCUT2D eigenvalue weighted by atomic mass is 35.5. The molecule has 1 N–H and O–H groups in total. The molecule has 29 heavy (non-hydrogen) atoms. The van der Waals surface area contributed by atoms with Crippen molar-refractivity contribution in [3.63, 3.8) is 0 Å². The number of rotatable bonds is 4. The molecular formula is C22H21ClN2O3S. The molecule has 2 aromatic rings. The number of amides is 1. The number of nitriles is 1. The predicted octanol–water partition coefficient (Wildman–Crippen LogP) is 5.30. The van der Waals surface area contributed by atoms with E-state index in [1.165, 1.54) is 0 Å². The lowest BCUT2D eigenvalue weighted by Gasteiger charge is -2.34. The number of Topliss-reactive ketones (excluding diaryl/α,β-unsaturated/α-hetero) is 1. The van der Waals surface area contributed by atoms with Gasteiger partial charge in [0.1, 0.15) is 15.7 Å². The van der Waals surface area contributed by atoms with Crippen molar-refractivity contribution >= 4 is 35.2 Å². The van der Waals surface area contributed by atoms with Crippen LogP contribution in [0.2, 0.25) is 5.02 Å². The Hall–Kier alpha value is -2.49. The van der Waals surface area contributed by atoms with Crippen LogP contribution in [0.15, 0.2) is 48.5 Å². The second-order valence-electron chi connectivity index (χ2n) is 7.88. The molecule has 1 aliphatic carbocycles. The van der Waals surface area contributed by atoms with E-state index in [1.807, 2.05) is 30.3 Å². The SMILES string of the molecule is CC(C)(C)OC(=O)N[C@@H](c1ccccc1)[C@@]1(SC#N)Cc2cc(Cl)ccc2C1=O. The molecule has 1 amide bonds. The Morgan fingerprint density at radius 1 is 1.28 bits per heavy atom. The third kappa shape index (κ3) is 4.42. The number of nitrogens with one attached hydrogen (secondary N) is 1. The second-order valence-corrected chi connectivity index (χ2v) is 9.43. The van der Waals surface area contributed by atoms with Crippen LogP contribution in [0, 0.1) is 10.7 Å². The summed E-state index contributed by atoms with van der Waals surface area (Å²) in [6.07, 6.45) is -0.374. The quantitative estimate of drug-likeness (QED) is 0.668. The topological polar surface area (TPSA) is 79.2 Å². The minimum atomic E-state index is -1.22. The number of fused-ring (bicyclic) bond motifs is 1. The summed E-state index contributed by atoms with van der Waals surface area (Å²) >= 11 is 6.98. The van der Waals surface area contributed by atoms with Crippen LogP contribution in [0.3, 0.4) is 0 Å². The zero-order chi connectivity index (χ0) is 21.2. The first-order valence-electron chi connectivity index (χ1n) is 9.11. The van der Waals surface area contributed by atoms with Crippen molar-refractivity contribution in [3.8, 4) is 5.40 Å². The summed E-state index contributed by atoms with van der Waals surface area (Å²) in [6, 6.07) is 13.5. The Morgan fingerprint density at radius 2 is 1.97 bits per heavy atom. The van der Waals surface area contributed by atoms with E-state index in [2.05, 4.69) is 10.7 Å². The Labute approximate surface area is 179 Å². The number of nitrogens with zero attached hydrogens (tertiary/aromatic N) is 1. The third-order valence-corrected chi connectivity index (χ3v) is 5.89. The van der Waals surface area contributed by atoms with Crippen LogP contribution in [-0.4, -0.2) is 22.2 Å². The zero-order valence-electron chi connectivity index (χ0n) is 16.4. The highest BCUT2D eigenvalue weighted by molar-refractivity contribution is 8.05. The molecule has 2 aromatic carbocycles. The van der Waals surface area contributed by atoms with Crippen LogP contribution >= 0.6 is 23.4 Å². The molecule has 0 spiro atoms. The van der Waals surface area contributed by atoms with Crippen LogP contribution in [0.4, 0.5) is 4.79 Å². The van der Waals surface area contributed by atoms with Crippen LogP contribution in [0.5, 0.6) is 0 Å². The fourth-order valence-electron chi connectivity index (χ4n) is 3.52. The Balaban J connectivity index is 2.08. The number of hydrogen-bond acceptors (Lipinski definition) is 5. The van der Waals surface area contributed by atoms with E-state index in [-0.39, 0.29) is 12.2 Å². The molecule has 7 heteroatoms. The maximum absolute atomic E-state index is 13.5. The first kappa shape index (κ1) is 21.2. The molecule has 5 nitrogen and oxygen atoms in total. The summed E-state index contributed by atoms with van der Waals surface area (Å²) in [7, 11) is 0. The Kier molecular flexibility index (Phi) is 5.92. The molecule has 3 rings (SSSR count). The minimum Gasteiger partial charge on any atom is -0.444 e. The molecular weight excluding hydrogens is 408 g/mol. The van der Waals surface area contributed by atoms with Gasteiger partial charge in [-0.2, -0.15) is 5.26 Å². The number of ketones is 1. The van der Waals surface area contributed by atoms with Gasteiger partial charge >= 0.3 is 6.09 Å². The van der Waals surface area contributed by atoms with E-state index in [0.717, 1.165) is 17.3 Å². The number of halogens is 1. The first-order valence-corrected chi connectivity index (χ1v) is 10.3. The van der Waals surface area contributed by atoms with Gasteiger partial charge in [-0.05, 0) is 68.3 Å². The van der Waals surface area contributed by atoms with Gasteiger partial charge in [-0.15, -0.1) is 0 Å². The number of hydrogen-bond donors (Lipinski definition) is 1. The van der Waals surface area contributed by atoms with E-state index in [1.54, 1.807) is 39.0 Å². The normalized spacial score (nSPS) is 19.2. The molecule has 0 aromatic heterocycles. The van der Waals surface area contributed by atoms with Crippen molar-refractivity contribution in [3.05, 3.63) is 70.2 Å². The zero-order valence-corrected chi connectivity index (χ0v) is 17.9. The number of thiocyanates is 1. The summed E-state index contributed by atoms with van der Waals surface area (Å²) < 4.78 is 4.21. The van der Waals surface area contributed by atoms with Crippen LogP contribution in [-0.2, 0) is 11.2 Å². The molecule has 0 saturated carbocycles. The fourth-order valence-corrected chi connectivity index (χ4v) is 4.62. The predicted molar refractivity (Wildman–Crippen MR) is 114 cm³/mol. The van der Waals surface area contributed by atoms with Gasteiger partial charge in [-0.1, -0.05) is 41.9 Å². The second kappa shape index (κ2) is 8.10. The molecule has 0 bridgehead atoms.